The van der Waals surface area contributed by atoms with Gasteiger partial charge in [0.1, 0.15) is 0 Å². The molecule has 92 valence electrons. The van der Waals surface area contributed by atoms with Gasteiger partial charge in [0.05, 0.1) is 11.8 Å². The number of carbonyl (C=O) groups is 2. The number of carboxylic acids is 1. The number of aliphatic carboxylic acids is 1. The van der Waals surface area contributed by atoms with E-state index >= 15 is 0 Å². The molecule has 0 aromatic carbocycles. The van der Waals surface area contributed by atoms with Crippen LogP contribution in [0, 0.1) is 17.3 Å². The lowest BCUT2D eigenvalue weighted by Crippen LogP contribution is -2.36. The maximum atomic E-state index is 11.8. The van der Waals surface area contributed by atoms with Gasteiger partial charge in [-0.15, -0.1) is 0 Å². The Morgan fingerprint density at radius 1 is 1.44 bits per heavy atom. The van der Waals surface area contributed by atoms with E-state index in [-0.39, 0.29) is 17.9 Å². The smallest absolute Gasteiger partial charge is 0.307 e. The van der Waals surface area contributed by atoms with Crippen LogP contribution < -0.4 is 5.32 Å². The first-order valence-corrected chi connectivity index (χ1v) is 6.73. The second-order valence-corrected chi connectivity index (χ2v) is 5.89. The van der Waals surface area contributed by atoms with E-state index in [9.17, 15) is 9.59 Å². The average Bonchev–Trinajstić information content (AvgIpc) is 2.69. The van der Waals surface area contributed by atoms with Crippen LogP contribution in [-0.2, 0) is 9.59 Å². The molecule has 5 heteroatoms. The van der Waals surface area contributed by atoms with Crippen LogP contribution in [0.5, 0.6) is 0 Å². The van der Waals surface area contributed by atoms with Crippen molar-refractivity contribution in [1.29, 1.82) is 0 Å². The zero-order chi connectivity index (χ0) is 12.5. The van der Waals surface area contributed by atoms with Crippen LogP contribution in [0.1, 0.15) is 20.8 Å². The maximum absolute atomic E-state index is 11.8. The molecule has 3 unspecified atom stereocenters. The van der Waals surface area contributed by atoms with E-state index in [0.717, 1.165) is 5.75 Å². The van der Waals surface area contributed by atoms with Crippen molar-refractivity contribution in [2.75, 3.05) is 12.0 Å². The fourth-order valence-electron chi connectivity index (χ4n) is 2.21. The molecule has 0 aromatic heterocycles. The predicted octanol–water partition coefficient (Wildman–Crippen LogP) is 1.21. The average molecular weight is 245 g/mol. The monoisotopic (exact) mass is 245 g/mol. The standard InChI is InChI=1S/C11H19NO3S/c1-6(5-16-4)12-9(13)7-8(10(14)15)11(7,2)3/h6-8H,5H2,1-4H3,(H,12,13)(H,14,15). The van der Waals surface area contributed by atoms with E-state index in [1.54, 1.807) is 11.8 Å². The molecule has 0 bridgehead atoms. The molecule has 16 heavy (non-hydrogen) atoms. The Morgan fingerprint density at radius 3 is 2.38 bits per heavy atom. The van der Waals surface area contributed by atoms with Crippen LogP contribution >= 0.6 is 11.8 Å². The highest BCUT2D eigenvalue weighted by Crippen LogP contribution is 2.58. The maximum Gasteiger partial charge on any atom is 0.307 e. The predicted molar refractivity (Wildman–Crippen MR) is 64.4 cm³/mol. The summed E-state index contributed by atoms with van der Waals surface area (Å²) < 4.78 is 0. The molecule has 0 aliphatic heterocycles. The van der Waals surface area contributed by atoms with Gasteiger partial charge in [0, 0.05) is 11.8 Å². The van der Waals surface area contributed by atoms with E-state index in [1.807, 2.05) is 27.0 Å². The van der Waals surface area contributed by atoms with Crippen LogP contribution in [0.4, 0.5) is 0 Å². The lowest BCUT2D eigenvalue weighted by molar-refractivity contribution is -0.140. The molecule has 0 heterocycles. The van der Waals surface area contributed by atoms with Crippen molar-refractivity contribution in [3.8, 4) is 0 Å². The van der Waals surface area contributed by atoms with Gasteiger partial charge >= 0.3 is 5.97 Å². The minimum atomic E-state index is -0.873. The molecule has 0 radical (unpaired) electrons. The van der Waals surface area contributed by atoms with Crippen LogP contribution in [0.3, 0.4) is 0 Å². The van der Waals surface area contributed by atoms with E-state index in [0.29, 0.717) is 0 Å². The molecule has 0 aromatic rings. The van der Waals surface area contributed by atoms with Crippen molar-refractivity contribution >= 4 is 23.6 Å². The van der Waals surface area contributed by atoms with Gasteiger partial charge in [-0.2, -0.15) is 11.8 Å². The summed E-state index contributed by atoms with van der Waals surface area (Å²) in [5.41, 5.74) is -0.408. The van der Waals surface area contributed by atoms with Gasteiger partial charge in [-0.05, 0) is 18.6 Å². The fourth-order valence-corrected chi connectivity index (χ4v) is 2.80. The number of carbonyl (C=O) groups excluding carboxylic acids is 1. The lowest BCUT2D eigenvalue weighted by atomic mass is 10.1. The number of thioether (sulfide) groups is 1. The zero-order valence-corrected chi connectivity index (χ0v) is 10.9. The summed E-state index contributed by atoms with van der Waals surface area (Å²) >= 11 is 1.66. The summed E-state index contributed by atoms with van der Waals surface area (Å²) in [6, 6.07) is 0.0911. The molecular weight excluding hydrogens is 226 g/mol. The Morgan fingerprint density at radius 2 is 2.00 bits per heavy atom. The third-order valence-corrected chi connectivity index (χ3v) is 4.01. The second kappa shape index (κ2) is 4.65. The molecule has 1 aliphatic carbocycles. The van der Waals surface area contributed by atoms with Crippen molar-refractivity contribution in [2.24, 2.45) is 17.3 Å². The highest BCUT2D eigenvalue weighted by atomic mass is 32.2. The topological polar surface area (TPSA) is 66.4 Å². The Hall–Kier alpha value is -0.710. The Balaban J connectivity index is 2.54. The van der Waals surface area contributed by atoms with Crippen molar-refractivity contribution in [3.63, 3.8) is 0 Å². The van der Waals surface area contributed by atoms with Gasteiger partial charge in [-0.25, -0.2) is 0 Å². The molecule has 0 saturated heterocycles. The van der Waals surface area contributed by atoms with Crippen LogP contribution in [-0.4, -0.2) is 35.0 Å². The fraction of sp³-hybridized carbons (Fsp3) is 0.818. The third-order valence-electron chi connectivity index (χ3n) is 3.18. The minimum absolute atomic E-state index is 0.0911. The summed E-state index contributed by atoms with van der Waals surface area (Å²) in [6.07, 6.45) is 1.98. The van der Waals surface area contributed by atoms with E-state index < -0.39 is 17.3 Å². The molecule has 3 atom stereocenters. The Kier molecular flexibility index (Phi) is 3.88. The lowest BCUT2D eigenvalue weighted by Gasteiger charge is -2.12. The zero-order valence-electron chi connectivity index (χ0n) is 10.1. The highest BCUT2D eigenvalue weighted by molar-refractivity contribution is 7.98. The molecule has 1 rings (SSSR count). The normalized spacial score (nSPS) is 28.2. The van der Waals surface area contributed by atoms with Crippen molar-refractivity contribution in [1.82, 2.24) is 5.32 Å². The molecular formula is C11H19NO3S. The molecule has 1 amide bonds. The van der Waals surface area contributed by atoms with Gasteiger partial charge < -0.3 is 10.4 Å². The van der Waals surface area contributed by atoms with Crippen LogP contribution in [0.2, 0.25) is 0 Å². The summed E-state index contributed by atoms with van der Waals surface area (Å²) in [5.74, 6) is -1.07. The number of hydrogen-bond donors (Lipinski definition) is 2. The third kappa shape index (κ3) is 2.51. The van der Waals surface area contributed by atoms with Crippen LogP contribution in [0.25, 0.3) is 0 Å². The van der Waals surface area contributed by atoms with Crippen molar-refractivity contribution in [3.05, 3.63) is 0 Å². The molecule has 1 aliphatic rings. The molecule has 0 spiro atoms. The SMILES string of the molecule is CSCC(C)NC(=O)C1C(C(=O)O)C1(C)C. The van der Waals surface area contributed by atoms with E-state index in [1.165, 1.54) is 0 Å². The van der Waals surface area contributed by atoms with Gasteiger partial charge in [-0.1, -0.05) is 13.8 Å². The van der Waals surface area contributed by atoms with E-state index in [2.05, 4.69) is 5.32 Å². The summed E-state index contributed by atoms with van der Waals surface area (Å²) in [7, 11) is 0. The summed E-state index contributed by atoms with van der Waals surface area (Å²) in [6.45, 7) is 5.59. The second-order valence-electron chi connectivity index (χ2n) is 4.98. The van der Waals surface area contributed by atoms with Crippen molar-refractivity contribution in [2.45, 2.75) is 26.8 Å². The first-order valence-electron chi connectivity index (χ1n) is 5.34. The van der Waals surface area contributed by atoms with E-state index in [4.69, 9.17) is 5.11 Å². The highest BCUT2D eigenvalue weighted by Gasteiger charge is 2.65. The number of nitrogens with one attached hydrogen (secondary N) is 1. The first kappa shape index (κ1) is 13.4. The summed E-state index contributed by atoms with van der Waals surface area (Å²) in [5, 5.41) is 11.8. The Bertz CT molecular complexity index is 304. The largest absolute Gasteiger partial charge is 0.481 e. The van der Waals surface area contributed by atoms with Gasteiger partial charge in [0.25, 0.3) is 0 Å². The summed E-state index contributed by atoms with van der Waals surface area (Å²) in [4.78, 5) is 22.8. The minimum Gasteiger partial charge on any atom is -0.481 e. The van der Waals surface area contributed by atoms with Gasteiger partial charge in [0.15, 0.2) is 0 Å². The van der Waals surface area contributed by atoms with Gasteiger partial charge in [-0.3, -0.25) is 9.59 Å². The molecule has 2 N–H and O–H groups in total. The number of rotatable bonds is 5. The quantitative estimate of drug-likeness (QED) is 0.764. The molecule has 1 fully saturated rings. The first-order chi connectivity index (χ1) is 7.32. The van der Waals surface area contributed by atoms with Gasteiger partial charge in [0.2, 0.25) is 5.91 Å². The number of hydrogen-bond acceptors (Lipinski definition) is 3. The van der Waals surface area contributed by atoms with Crippen molar-refractivity contribution < 1.29 is 14.7 Å². The number of carboxylic acid groups (broad SMARTS) is 1. The Labute approximate surface area is 100 Å². The number of amides is 1. The molecule has 1 saturated carbocycles. The molecule has 4 nitrogen and oxygen atoms in total. The van der Waals surface area contributed by atoms with Crippen LogP contribution in [0.15, 0.2) is 0 Å².